The van der Waals surface area contributed by atoms with Gasteiger partial charge in [0, 0.05) is 12.5 Å². The molecule has 5 nitrogen and oxygen atoms in total. The van der Waals surface area contributed by atoms with Crippen LogP contribution in [0.5, 0.6) is 0 Å². The van der Waals surface area contributed by atoms with Crippen LogP contribution in [-0.2, 0) is 12.5 Å². The Bertz CT molecular complexity index is 501. The topological polar surface area (TPSA) is 72.5 Å². The van der Waals surface area contributed by atoms with E-state index in [-0.39, 0.29) is 5.41 Å². The van der Waals surface area contributed by atoms with Gasteiger partial charge in [0.25, 0.3) is 0 Å². The van der Waals surface area contributed by atoms with Crippen LogP contribution in [0.4, 0.5) is 5.69 Å². The maximum absolute atomic E-state index is 5.82. The van der Waals surface area contributed by atoms with Gasteiger partial charge in [0.05, 0.1) is 23.3 Å². The molecule has 2 heterocycles. The summed E-state index contributed by atoms with van der Waals surface area (Å²) in [6, 6.07) is 2.05. The number of nitrogens with one attached hydrogen (secondary N) is 1. The first kappa shape index (κ1) is 10.7. The average Bonchev–Trinajstić information content (AvgIpc) is 2.70. The van der Waals surface area contributed by atoms with Crippen LogP contribution in [0.1, 0.15) is 26.5 Å². The smallest absolute Gasteiger partial charge is 0.106 e. The molecule has 0 bridgehead atoms. The van der Waals surface area contributed by atoms with Crippen molar-refractivity contribution in [2.24, 2.45) is 7.05 Å². The number of anilines is 1. The Morgan fingerprint density at radius 1 is 1.38 bits per heavy atom. The number of rotatable bonds is 1. The quantitative estimate of drug-likeness (QED) is 0.766. The molecule has 86 valence electrons. The largest absolute Gasteiger partial charge is 0.396 e. The molecule has 0 radical (unpaired) electrons. The first-order chi connectivity index (χ1) is 7.39. The molecule has 0 saturated heterocycles. The Balaban J connectivity index is 2.52. The van der Waals surface area contributed by atoms with Crippen molar-refractivity contribution in [1.29, 1.82) is 0 Å². The second kappa shape index (κ2) is 3.37. The highest BCUT2D eigenvalue weighted by molar-refractivity contribution is 5.69. The Hall–Kier alpha value is -1.78. The highest BCUT2D eigenvalue weighted by Gasteiger charge is 2.20. The molecule has 3 N–H and O–H groups in total. The van der Waals surface area contributed by atoms with Crippen LogP contribution in [0.2, 0.25) is 0 Å². The van der Waals surface area contributed by atoms with Gasteiger partial charge in [-0.1, -0.05) is 20.8 Å². The number of nitrogen functional groups attached to an aromatic ring is 1. The van der Waals surface area contributed by atoms with E-state index >= 15 is 0 Å². The fourth-order valence-corrected chi connectivity index (χ4v) is 1.57. The molecule has 0 aromatic carbocycles. The summed E-state index contributed by atoms with van der Waals surface area (Å²) in [5.41, 5.74) is 9.32. The molecule has 16 heavy (non-hydrogen) atoms. The second-order valence-corrected chi connectivity index (χ2v) is 4.99. The van der Waals surface area contributed by atoms with Crippen LogP contribution in [0, 0.1) is 0 Å². The third kappa shape index (κ3) is 1.68. The van der Waals surface area contributed by atoms with Crippen LogP contribution in [0.25, 0.3) is 11.4 Å². The van der Waals surface area contributed by atoms with Crippen molar-refractivity contribution in [1.82, 2.24) is 20.0 Å². The molecule has 0 atom stereocenters. The van der Waals surface area contributed by atoms with Gasteiger partial charge >= 0.3 is 0 Å². The van der Waals surface area contributed by atoms with E-state index in [0.29, 0.717) is 5.69 Å². The van der Waals surface area contributed by atoms with Gasteiger partial charge in [-0.3, -0.25) is 9.78 Å². The Morgan fingerprint density at radius 3 is 2.50 bits per heavy atom. The van der Waals surface area contributed by atoms with Crippen molar-refractivity contribution < 1.29 is 0 Å². The van der Waals surface area contributed by atoms with Crippen LogP contribution < -0.4 is 5.73 Å². The maximum Gasteiger partial charge on any atom is 0.106 e. The van der Waals surface area contributed by atoms with E-state index in [1.165, 1.54) is 0 Å². The van der Waals surface area contributed by atoms with Gasteiger partial charge in [-0.25, -0.2) is 0 Å². The molecule has 0 aliphatic rings. The van der Waals surface area contributed by atoms with Gasteiger partial charge in [-0.05, 0) is 6.07 Å². The Labute approximate surface area is 94.7 Å². The molecule has 0 saturated carbocycles. The summed E-state index contributed by atoms with van der Waals surface area (Å²) in [5, 5.41) is 11.3. The van der Waals surface area contributed by atoms with Crippen molar-refractivity contribution in [2.75, 3.05) is 5.73 Å². The molecular weight excluding hydrogens is 202 g/mol. The highest BCUT2D eigenvalue weighted by atomic mass is 15.3. The predicted molar refractivity (Wildman–Crippen MR) is 63.9 cm³/mol. The monoisotopic (exact) mass is 219 g/mol. The third-order valence-corrected chi connectivity index (χ3v) is 2.57. The van der Waals surface area contributed by atoms with E-state index in [1.807, 2.05) is 17.8 Å². The van der Waals surface area contributed by atoms with Gasteiger partial charge in [0.1, 0.15) is 5.69 Å². The lowest BCUT2D eigenvalue weighted by Crippen LogP contribution is -2.12. The number of aromatic nitrogens is 4. The number of nitrogens with zero attached hydrogens (tertiary/aromatic N) is 3. The summed E-state index contributed by atoms with van der Waals surface area (Å²) in [5.74, 6) is 0. The molecule has 5 heteroatoms. The van der Waals surface area contributed by atoms with Crippen molar-refractivity contribution in [2.45, 2.75) is 26.2 Å². The number of nitrogens with two attached hydrogens (primary N) is 1. The molecule has 0 aliphatic carbocycles. The van der Waals surface area contributed by atoms with Gasteiger partial charge in [0.15, 0.2) is 0 Å². The number of hydrogen-bond donors (Lipinski definition) is 2. The van der Waals surface area contributed by atoms with Crippen molar-refractivity contribution in [3.63, 3.8) is 0 Å². The minimum atomic E-state index is 0.0325. The summed E-state index contributed by atoms with van der Waals surface area (Å²) < 4.78 is 1.82. The van der Waals surface area contributed by atoms with E-state index in [9.17, 15) is 0 Å². The fraction of sp³-hybridized carbons (Fsp3) is 0.455. The molecule has 0 spiro atoms. The van der Waals surface area contributed by atoms with Crippen LogP contribution in [0.15, 0.2) is 12.3 Å². The molecule has 2 rings (SSSR count). The number of aryl methyl sites for hydroxylation is 1. The summed E-state index contributed by atoms with van der Waals surface area (Å²) in [4.78, 5) is 0. The first-order valence-electron chi connectivity index (χ1n) is 5.23. The van der Waals surface area contributed by atoms with Gasteiger partial charge in [0.2, 0.25) is 0 Å². The minimum absolute atomic E-state index is 0.0325. The van der Waals surface area contributed by atoms with E-state index in [0.717, 1.165) is 17.1 Å². The van der Waals surface area contributed by atoms with Crippen molar-refractivity contribution in [3.8, 4) is 11.4 Å². The number of aromatic amines is 1. The lowest BCUT2D eigenvalue weighted by Gasteiger charge is -2.13. The molecule has 2 aromatic rings. The molecule has 0 unspecified atom stereocenters. The molecule has 2 aromatic heterocycles. The lowest BCUT2D eigenvalue weighted by atomic mass is 9.92. The zero-order valence-electron chi connectivity index (χ0n) is 10.1. The van der Waals surface area contributed by atoms with E-state index < -0.39 is 0 Å². The van der Waals surface area contributed by atoms with Gasteiger partial charge < -0.3 is 5.73 Å². The van der Waals surface area contributed by atoms with Crippen molar-refractivity contribution in [3.05, 3.63) is 18.0 Å². The standard InChI is InChI=1S/C11H17N5/c1-11(2,3)9-5-8(16(4)15-9)10-7(12)6-13-14-10/h5-6H,12H2,1-4H3,(H,13,14). The van der Waals surface area contributed by atoms with E-state index in [2.05, 4.69) is 36.1 Å². The van der Waals surface area contributed by atoms with Gasteiger partial charge in [-0.15, -0.1) is 0 Å². The van der Waals surface area contributed by atoms with Crippen LogP contribution in [0.3, 0.4) is 0 Å². The molecule has 0 fully saturated rings. The van der Waals surface area contributed by atoms with E-state index in [4.69, 9.17) is 5.73 Å². The van der Waals surface area contributed by atoms with Crippen molar-refractivity contribution >= 4 is 5.69 Å². The molecule has 0 aliphatic heterocycles. The fourth-order valence-electron chi connectivity index (χ4n) is 1.57. The summed E-state index contributed by atoms with van der Waals surface area (Å²) >= 11 is 0. The molecule has 0 amide bonds. The van der Waals surface area contributed by atoms with E-state index in [1.54, 1.807) is 6.20 Å². The predicted octanol–water partition coefficient (Wildman–Crippen LogP) is 1.69. The zero-order chi connectivity index (χ0) is 11.9. The normalized spacial score (nSPS) is 12.0. The van der Waals surface area contributed by atoms with Crippen LogP contribution >= 0.6 is 0 Å². The number of H-pyrrole nitrogens is 1. The van der Waals surface area contributed by atoms with Gasteiger partial charge in [-0.2, -0.15) is 10.2 Å². The lowest BCUT2D eigenvalue weighted by molar-refractivity contribution is 0.553. The zero-order valence-corrected chi connectivity index (χ0v) is 10.1. The summed E-state index contributed by atoms with van der Waals surface area (Å²) in [6.45, 7) is 6.40. The molecular formula is C11H17N5. The first-order valence-corrected chi connectivity index (χ1v) is 5.23. The minimum Gasteiger partial charge on any atom is -0.396 e. The Kier molecular flexibility index (Phi) is 2.26. The summed E-state index contributed by atoms with van der Waals surface area (Å²) in [6.07, 6.45) is 1.61. The second-order valence-electron chi connectivity index (χ2n) is 4.99. The third-order valence-electron chi connectivity index (χ3n) is 2.57. The SMILES string of the molecule is Cn1nc(C(C)(C)C)cc1-c1[nH]ncc1N. The summed E-state index contributed by atoms with van der Waals surface area (Å²) in [7, 11) is 1.91. The highest BCUT2D eigenvalue weighted by Crippen LogP contribution is 2.28. The maximum atomic E-state index is 5.82. The number of hydrogen-bond acceptors (Lipinski definition) is 3. The van der Waals surface area contributed by atoms with Crippen LogP contribution in [-0.4, -0.2) is 20.0 Å². The average molecular weight is 219 g/mol. The Morgan fingerprint density at radius 2 is 2.06 bits per heavy atom.